The van der Waals surface area contributed by atoms with Gasteiger partial charge in [0.15, 0.2) is 5.75 Å². The summed E-state index contributed by atoms with van der Waals surface area (Å²) in [4.78, 5) is 12.1. The minimum Gasteiger partial charge on any atom is -0.421 e. The number of aliphatic hydroxyl groups excluding tert-OH is 1. The first kappa shape index (κ1) is 18.3. The van der Waals surface area contributed by atoms with Crippen LogP contribution in [0.2, 0.25) is 0 Å². The van der Waals surface area contributed by atoms with Gasteiger partial charge in [0, 0.05) is 0 Å². The van der Waals surface area contributed by atoms with Gasteiger partial charge in [-0.2, -0.15) is 0 Å². The molecule has 0 amide bonds. The number of hydrogen-bond acceptors (Lipinski definition) is 5. The Balaban J connectivity index is 2.35. The van der Waals surface area contributed by atoms with E-state index >= 15 is 0 Å². The highest BCUT2D eigenvalue weighted by molar-refractivity contribution is 7.92. The van der Waals surface area contributed by atoms with Crippen LogP contribution < -0.4 is 9.46 Å². The van der Waals surface area contributed by atoms with Crippen molar-refractivity contribution in [2.75, 3.05) is 16.9 Å². The minimum absolute atomic E-state index is 0.0276. The number of ether oxygens (including phenoxy) is 1. The molecule has 2 N–H and O–H groups in total. The number of halogens is 1. The fourth-order valence-electron chi connectivity index (χ4n) is 1.95. The molecule has 0 heterocycles. The van der Waals surface area contributed by atoms with Crippen molar-refractivity contribution in [1.29, 1.82) is 0 Å². The van der Waals surface area contributed by atoms with Gasteiger partial charge < -0.3 is 9.84 Å². The summed E-state index contributed by atoms with van der Waals surface area (Å²) >= 11 is 5.60. The molecule has 0 aromatic heterocycles. The van der Waals surface area contributed by atoms with Crippen LogP contribution in [0.25, 0.3) is 0 Å². The van der Waals surface area contributed by atoms with E-state index in [0.717, 1.165) is 6.26 Å². The fourth-order valence-corrected chi connectivity index (χ4v) is 2.68. The van der Waals surface area contributed by atoms with E-state index in [4.69, 9.17) is 16.3 Å². The van der Waals surface area contributed by atoms with Gasteiger partial charge >= 0.3 is 5.97 Å². The number of anilines is 1. The smallest absolute Gasteiger partial charge is 0.343 e. The molecule has 2 aromatic carbocycles. The summed E-state index contributed by atoms with van der Waals surface area (Å²) in [6.07, 6.45) is 0.00568. The third-order valence-electron chi connectivity index (χ3n) is 3.04. The molecule has 0 radical (unpaired) electrons. The lowest BCUT2D eigenvalue weighted by Crippen LogP contribution is -2.14. The molecule has 24 heavy (non-hydrogen) atoms. The summed E-state index contributed by atoms with van der Waals surface area (Å²) in [6, 6.07) is 12.6. The highest BCUT2D eigenvalue weighted by Crippen LogP contribution is 2.30. The molecule has 0 aliphatic heterocycles. The van der Waals surface area contributed by atoms with Crippen LogP contribution in [0.5, 0.6) is 5.75 Å². The molecule has 1 unspecified atom stereocenters. The molecule has 8 heteroatoms. The topological polar surface area (TPSA) is 92.7 Å². The number of sulfonamides is 1. The highest BCUT2D eigenvalue weighted by atomic mass is 35.5. The van der Waals surface area contributed by atoms with Gasteiger partial charge in [-0.05, 0) is 29.8 Å². The Hall–Kier alpha value is -2.09. The molecule has 2 rings (SSSR count). The predicted octanol–water partition coefficient (Wildman–Crippen LogP) is 2.55. The van der Waals surface area contributed by atoms with E-state index in [0.29, 0.717) is 11.1 Å². The maximum Gasteiger partial charge on any atom is 0.343 e. The second kappa shape index (κ2) is 7.65. The van der Waals surface area contributed by atoms with E-state index in [1.54, 1.807) is 30.3 Å². The van der Waals surface area contributed by atoms with Gasteiger partial charge in [0.1, 0.15) is 0 Å². The van der Waals surface area contributed by atoms with Gasteiger partial charge in [-0.3, -0.25) is 4.72 Å². The van der Waals surface area contributed by atoms with Crippen LogP contribution in [0.3, 0.4) is 0 Å². The molecule has 0 fully saturated rings. The van der Waals surface area contributed by atoms with E-state index in [-0.39, 0.29) is 17.3 Å². The summed E-state index contributed by atoms with van der Waals surface area (Å²) in [5, 5.41) is 9.79. The van der Waals surface area contributed by atoms with Crippen LogP contribution in [0.15, 0.2) is 48.5 Å². The van der Waals surface area contributed by atoms with E-state index < -0.39 is 22.1 Å². The number of benzene rings is 2. The summed E-state index contributed by atoms with van der Waals surface area (Å²) in [5.74, 6) is -0.654. The number of alkyl halides is 1. The van der Waals surface area contributed by atoms with Crippen LogP contribution in [0.1, 0.15) is 22.0 Å². The summed E-state index contributed by atoms with van der Waals surface area (Å²) < 4.78 is 30.6. The lowest BCUT2D eigenvalue weighted by Gasteiger charge is -2.14. The summed E-state index contributed by atoms with van der Waals surface area (Å²) in [5.41, 5.74) is 0.770. The van der Waals surface area contributed by atoms with Crippen molar-refractivity contribution in [3.63, 3.8) is 0 Å². The summed E-state index contributed by atoms with van der Waals surface area (Å²) in [7, 11) is -3.61. The molecular formula is C16H16ClNO5S. The van der Waals surface area contributed by atoms with Gasteiger partial charge in [0.05, 0.1) is 29.5 Å². The molecule has 0 aliphatic carbocycles. The van der Waals surface area contributed by atoms with Crippen molar-refractivity contribution in [2.24, 2.45) is 0 Å². The van der Waals surface area contributed by atoms with Crippen LogP contribution in [-0.4, -0.2) is 31.6 Å². The quantitative estimate of drug-likeness (QED) is 0.463. The lowest BCUT2D eigenvalue weighted by atomic mass is 10.1. The first-order chi connectivity index (χ1) is 11.3. The Bertz CT molecular complexity index is 824. The average Bonchev–Trinajstić information content (AvgIpc) is 2.55. The zero-order chi connectivity index (χ0) is 17.7. The van der Waals surface area contributed by atoms with Crippen molar-refractivity contribution in [1.82, 2.24) is 0 Å². The van der Waals surface area contributed by atoms with E-state index in [9.17, 15) is 18.3 Å². The standard InChI is InChI=1S/C16H16ClNO5S/c1-24(21,22)18-13-9-12(14(19)10-17)7-8-15(13)23-16(20)11-5-3-2-4-6-11/h2-9,14,18-19H,10H2,1H3. The van der Waals surface area contributed by atoms with E-state index in [1.807, 2.05) is 0 Å². The zero-order valence-corrected chi connectivity index (χ0v) is 14.3. The van der Waals surface area contributed by atoms with Crippen molar-refractivity contribution in [3.8, 4) is 5.75 Å². The van der Waals surface area contributed by atoms with Crippen LogP contribution >= 0.6 is 11.6 Å². The zero-order valence-electron chi connectivity index (χ0n) is 12.8. The number of esters is 1. The second-order valence-corrected chi connectivity index (χ2v) is 7.11. The normalized spacial score (nSPS) is 12.5. The molecule has 0 spiro atoms. The van der Waals surface area contributed by atoms with Gasteiger partial charge in [0.25, 0.3) is 0 Å². The number of hydrogen-bond donors (Lipinski definition) is 2. The minimum atomic E-state index is -3.61. The Morgan fingerprint density at radius 1 is 1.25 bits per heavy atom. The van der Waals surface area contributed by atoms with E-state index in [1.165, 1.54) is 18.2 Å². The van der Waals surface area contributed by atoms with Crippen molar-refractivity contribution in [3.05, 3.63) is 59.7 Å². The van der Waals surface area contributed by atoms with Crippen molar-refractivity contribution < 1.29 is 23.1 Å². The van der Waals surface area contributed by atoms with Crippen LogP contribution in [0, 0.1) is 0 Å². The third-order valence-corrected chi connectivity index (χ3v) is 3.93. The van der Waals surface area contributed by atoms with Crippen LogP contribution in [-0.2, 0) is 10.0 Å². The Morgan fingerprint density at radius 2 is 1.92 bits per heavy atom. The summed E-state index contributed by atoms with van der Waals surface area (Å²) in [6.45, 7) is 0. The highest BCUT2D eigenvalue weighted by Gasteiger charge is 2.16. The number of aliphatic hydroxyl groups is 1. The van der Waals surface area contributed by atoms with Crippen molar-refractivity contribution in [2.45, 2.75) is 6.10 Å². The number of rotatable bonds is 6. The second-order valence-electron chi connectivity index (χ2n) is 5.06. The fraction of sp³-hybridized carbons (Fsp3) is 0.188. The number of nitrogens with one attached hydrogen (secondary N) is 1. The molecule has 0 saturated carbocycles. The number of carbonyl (C=O) groups is 1. The molecule has 0 bridgehead atoms. The number of carbonyl (C=O) groups excluding carboxylic acids is 1. The Kier molecular flexibility index (Phi) is 5.82. The van der Waals surface area contributed by atoms with E-state index in [2.05, 4.69) is 4.72 Å². The Labute approximate surface area is 145 Å². The van der Waals surface area contributed by atoms with Gasteiger partial charge in [0.2, 0.25) is 10.0 Å². The largest absolute Gasteiger partial charge is 0.421 e. The third kappa shape index (κ3) is 4.95. The Morgan fingerprint density at radius 3 is 2.50 bits per heavy atom. The monoisotopic (exact) mass is 369 g/mol. The van der Waals surface area contributed by atoms with Gasteiger partial charge in [-0.15, -0.1) is 11.6 Å². The first-order valence-electron chi connectivity index (χ1n) is 6.93. The maximum absolute atomic E-state index is 12.1. The molecule has 1 atom stereocenters. The molecule has 128 valence electrons. The molecule has 0 aliphatic rings. The first-order valence-corrected chi connectivity index (χ1v) is 9.36. The SMILES string of the molecule is CS(=O)(=O)Nc1cc(C(O)CCl)ccc1OC(=O)c1ccccc1. The predicted molar refractivity (Wildman–Crippen MR) is 92.0 cm³/mol. The van der Waals surface area contributed by atoms with Crippen molar-refractivity contribution >= 4 is 33.3 Å². The average molecular weight is 370 g/mol. The molecule has 2 aromatic rings. The molecule has 6 nitrogen and oxygen atoms in total. The van der Waals surface area contributed by atoms with Gasteiger partial charge in [-0.1, -0.05) is 24.3 Å². The molecule has 0 saturated heterocycles. The molecular weight excluding hydrogens is 354 g/mol. The maximum atomic E-state index is 12.1. The lowest BCUT2D eigenvalue weighted by molar-refractivity contribution is 0.0735. The van der Waals surface area contributed by atoms with Gasteiger partial charge in [-0.25, -0.2) is 13.2 Å². The van der Waals surface area contributed by atoms with Crippen LogP contribution in [0.4, 0.5) is 5.69 Å².